The summed E-state index contributed by atoms with van der Waals surface area (Å²) in [6.45, 7) is 2.25. The van der Waals surface area contributed by atoms with Crippen LogP contribution >= 0.6 is 0 Å². The van der Waals surface area contributed by atoms with Crippen molar-refractivity contribution in [2.45, 2.75) is 45.4 Å². The van der Waals surface area contributed by atoms with Gasteiger partial charge in [0.05, 0.1) is 0 Å². The molecular formula is C11H18O. The molecule has 0 aliphatic heterocycles. The fourth-order valence-corrected chi connectivity index (χ4v) is 2.66. The van der Waals surface area contributed by atoms with Crippen LogP contribution in [0.5, 0.6) is 0 Å². The average molecular weight is 166 g/mol. The molecule has 0 radical (unpaired) electrons. The molecule has 2 atom stereocenters. The Balaban J connectivity index is 2.05. The van der Waals surface area contributed by atoms with Gasteiger partial charge in [-0.2, -0.15) is 0 Å². The minimum absolute atomic E-state index is 0.0984. The number of aldehydes is 1. The maximum absolute atomic E-state index is 11.1. The van der Waals surface area contributed by atoms with Crippen molar-refractivity contribution in [2.75, 3.05) is 0 Å². The summed E-state index contributed by atoms with van der Waals surface area (Å²) in [6.07, 6.45) is 8.91. The Morgan fingerprint density at radius 1 is 1.42 bits per heavy atom. The van der Waals surface area contributed by atoms with Gasteiger partial charge < -0.3 is 4.79 Å². The lowest BCUT2D eigenvalue weighted by Crippen LogP contribution is -2.26. The molecule has 2 unspecified atom stereocenters. The molecular weight excluding hydrogens is 148 g/mol. The van der Waals surface area contributed by atoms with Gasteiger partial charge >= 0.3 is 0 Å². The van der Waals surface area contributed by atoms with Gasteiger partial charge in [0.15, 0.2) is 0 Å². The van der Waals surface area contributed by atoms with Crippen LogP contribution in [0, 0.1) is 17.3 Å². The molecule has 1 heteroatoms. The van der Waals surface area contributed by atoms with Crippen LogP contribution in [0.3, 0.4) is 0 Å². The highest BCUT2D eigenvalue weighted by molar-refractivity contribution is 5.60. The standard InChI is InChI=1S/C11H18O/c1-9-3-2-6-11(9,8-12)7-10-4-5-10/h8-10H,2-7H2,1H3. The van der Waals surface area contributed by atoms with Crippen molar-refractivity contribution >= 4 is 6.29 Å². The van der Waals surface area contributed by atoms with Crippen molar-refractivity contribution in [1.82, 2.24) is 0 Å². The van der Waals surface area contributed by atoms with Crippen molar-refractivity contribution in [2.24, 2.45) is 17.3 Å². The zero-order valence-electron chi connectivity index (χ0n) is 7.88. The van der Waals surface area contributed by atoms with Gasteiger partial charge in [0.2, 0.25) is 0 Å². The highest BCUT2D eigenvalue weighted by Gasteiger charge is 2.43. The van der Waals surface area contributed by atoms with E-state index in [1.54, 1.807) is 0 Å². The maximum Gasteiger partial charge on any atom is 0.126 e. The van der Waals surface area contributed by atoms with Gasteiger partial charge in [0.25, 0.3) is 0 Å². The zero-order chi connectivity index (χ0) is 8.60. The SMILES string of the molecule is CC1CCCC1(C=O)CC1CC1. The Kier molecular flexibility index (Phi) is 1.97. The first-order valence-corrected chi connectivity index (χ1v) is 5.23. The number of carbonyl (C=O) groups excluding carboxylic acids is 1. The van der Waals surface area contributed by atoms with Crippen LogP contribution in [0.2, 0.25) is 0 Å². The quantitative estimate of drug-likeness (QED) is 0.589. The zero-order valence-corrected chi connectivity index (χ0v) is 7.88. The van der Waals surface area contributed by atoms with Crippen LogP contribution in [-0.2, 0) is 4.79 Å². The van der Waals surface area contributed by atoms with Gasteiger partial charge in [0, 0.05) is 5.41 Å². The maximum atomic E-state index is 11.1. The first kappa shape index (κ1) is 8.28. The van der Waals surface area contributed by atoms with E-state index in [1.807, 2.05) is 0 Å². The first-order chi connectivity index (χ1) is 5.77. The molecule has 0 aromatic heterocycles. The normalized spacial score (nSPS) is 41.6. The summed E-state index contributed by atoms with van der Waals surface area (Å²) >= 11 is 0. The molecule has 2 saturated carbocycles. The molecule has 0 aromatic carbocycles. The van der Waals surface area contributed by atoms with Gasteiger partial charge in [-0.3, -0.25) is 0 Å². The molecule has 0 N–H and O–H groups in total. The number of hydrogen-bond donors (Lipinski definition) is 0. The van der Waals surface area contributed by atoms with Crippen molar-refractivity contribution in [1.29, 1.82) is 0 Å². The van der Waals surface area contributed by atoms with Crippen molar-refractivity contribution in [3.8, 4) is 0 Å². The van der Waals surface area contributed by atoms with E-state index < -0.39 is 0 Å². The topological polar surface area (TPSA) is 17.1 Å². The smallest absolute Gasteiger partial charge is 0.126 e. The second kappa shape index (κ2) is 2.86. The molecule has 12 heavy (non-hydrogen) atoms. The molecule has 2 rings (SSSR count). The third-order valence-corrected chi connectivity index (χ3v) is 3.86. The van der Waals surface area contributed by atoms with Crippen molar-refractivity contribution < 1.29 is 4.79 Å². The molecule has 2 aliphatic rings. The Morgan fingerprint density at radius 2 is 2.17 bits per heavy atom. The summed E-state index contributed by atoms with van der Waals surface area (Å²) in [5.74, 6) is 1.55. The molecule has 2 fully saturated rings. The summed E-state index contributed by atoms with van der Waals surface area (Å²) in [7, 11) is 0. The minimum Gasteiger partial charge on any atom is -0.303 e. The molecule has 0 spiro atoms. The largest absolute Gasteiger partial charge is 0.303 e. The summed E-state index contributed by atoms with van der Waals surface area (Å²) in [6, 6.07) is 0. The van der Waals surface area contributed by atoms with Gasteiger partial charge in [-0.05, 0) is 31.1 Å². The lowest BCUT2D eigenvalue weighted by molar-refractivity contribution is -0.118. The monoisotopic (exact) mass is 166 g/mol. The second-order valence-electron chi connectivity index (χ2n) is 4.79. The van der Waals surface area contributed by atoms with Crippen LogP contribution in [0.25, 0.3) is 0 Å². The van der Waals surface area contributed by atoms with Crippen LogP contribution in [-0.4, -0.2) is 6.29 Å². The highest BCUT2D eigenvalue weighted by atomic mass is 16.1. The Labute approximate surface area is 74.5 Å². The summed E-state index contributed by atoms with van der Waals surface area (Å²) in [5, 5.41) is 0. The van der Waals surface area contributed by atoms with Crippen molar-refractivity contribution in [3.05, 3.63) is 0 Å². The van der Waals surface area contributed by atoms with Crippen LogP contribution in [0.1, 0.15) is 45.4 Å². The lowest BCUT2D eigenvalue weighted by atomic mass is 9.76. The molecule has 1 nitrogen and oxygen atoms in total. The van der Waals surface area contributed by atoms with Crippen LogP contribution in [0.4, 0.5) is 0 Å². The Hall–Kier alpha value is -0.330. The number of rotatable bonds is 3. The molecule has 0 aromatic rings. The van der Waals surface area contributed by atoms with Gasteiger partial charge in [-0.15, -0.1) is 0 Å². The molecule has 2 aliphatic carbocycles. The van der Waals surface area contributed by atoms with E-state index in [2.05, 4.69) is 6.92 Å². The third-order valence-electron chi connectivity index (χ3n) is 3.86. The Bertz CT molecular complexity index is 183. The van der Waals surface area contributed by atoms with Gasteiger partial charge in [0.1, 0.15) is 6.29 Å². The number of hydrogen-bond acceptors (Lipinski definition) is 1. The predicted octanol–water partition coefficient (Wildman–Crippen LogP) is 2.79. The van der Waals surface area contributed by atoms with E-state index in [4.69, 9.17) is 0 Å². The van der Waals surface area contributed by atoms with E-state index in [0.717, 1.165) is 12.3 Å². The van der Waals surface area contributed by atoms with E-state index in [0.29, 0.717) is 5.92 Å². The summed E-state index contributed by atoms with van der Waals surface area (Å²) in [5.41, 5.74) is 0.0984. The molecule has 0 amide bonds. The fraction of sp³-hybridized carbons (Fsp3) is 0.909. The van der Waals surface area contributed by atoms with Gasteiger partial charge in [-0.25, -0.2) is 0 Å². The first-order valence-electron chi connectivity index (χ1n) is 5.23. The van der Waals surface area contributed by atoms with Crippen LogP contribution in [0.15, 0.2) is 0 Å². The lowest BCUT2D eigenvalue weighted by Gasteiger charge is -2.27. The molecule has 0 heterocycles. The van der Waals surface area contributed by atoms with Crippen molar-refractivity contribution in [3.63, 3.8) is 0 Å². The average Bonchev–Trinajstić information content (AvgIpc) is 2.79. The van der Waals surface area contributed by atoms with E-state index >= 15 is 0 Å². The summed E-state index contributed by atoms with van der Waals surface area (Å²) in [4.78, 5) is 11.1. The Morgan fingerprint density at radius 3 is 2.58 bits per heavy atom. The van der Waals surface area contributed by atoms with Gasteiger partial charge in [-0.1, -0.05) is 26.2 Å². The summed E-state index contributed by atoms with van der Waals surface area (Å²) < 4.78 is 0. The predicted molar refractivity (Wildman–Crippen MR) is 48.9 cm³/mol. The third kappa shape index (κ3) is 1.30. The number of carbonyl (C=O) groups is 1. The highest BCUT2D eigenvalue weighted by Crippen LogP contribution is 2.50. The fourth-order valence-electron chi connectivity index (χ4n) is 2.66. The van der Waals surface area contributed by atoms with E-state index in [9.17, 15) is 4.79 Å². The second-order valence-corrected chi connectivity index (χ2v) is 4.79. The van der Waals surface area contributed by atoms with E-state index in [1.165, 1.54) is 38.4 Å². The minimum atomic E-state index is 0.0984. The molecule has 68 valence electrons. The molecule has 0 bridgehead atoms. The van der Waals surface area contributed by atoms with E-state index in [-0.39, 0.29) is 5.41 Å². The van der Waals surface area contributed by atoms with Crippen LogP contribution < -0.4 is 0 Å². The molecule has 0 saturated heterocycles.